The van der Waals surface area contributed by atoms with Crippen molar-refractivity contribution >= 4 is 0 Å². The number of nitrogens with two attached hydrogens (primary N) is 1. The van der Waals surface area contributed by atoms with Gasteiger partial charge in [-0.2, -0.15) is 0 Å². The van der Waals surface area contributed by atoms with Crippen LogP contribution in [0, 0.1) is 0 Å². The summed E-state index contributed by atoms with van der Waals surface area (Å²) in [4.78, 5) is 2.15. The lowest BCUT2D eigenvalue weighted by Gasteiger charge is -2.42. The van der Waals surface area contributed by atoms with Crippen molar-refractivity contribution in [2.24, 2.45) is 5.73 Å². The van der Waals surface area contributed by atoms with Crippen LogP contribution >= 0.6 is 0 Å². The van der Waals surface area contributed by atoms with Crippen molar-refractivity contribution < 1.29 is 14.2 Å². The van der Waals surface area contributed by atoms with Crippen LogP contribution in [-0.2, 0) is 16.0 Å². The molecule has 0 bridgehead atoms. The minimum atomic E-state index is -0.399. The van der Waals surface area contributed by atoms with E-state index in [0.717, 1.165) is 12.3 Å². The summed E-state index contributed by atoms with van der Waals surface area (Å²) in [5.41, 5.74) is 6.72. The van der Waals surface area contributed by atoms with Gasteiger partial charge in [0.2, 0.25) is 0 Å². The molecule has 5 heteroatoms. The molecule has 0 radical (unpaired) electrons. The first-order chi connectivity index (χ1) is 9.51. The van der Waals surface area contributed by atoms with Gasteiger partial charge in [0.1, 0.15) is 5.75 Å². The third kappa shape index (κ3) is 3.70. The predicted octanol–water partition coefficient (Wildman–Crippen LogP) is 1.46. The molecule has 0 amide bonds. The molecule has 2 N–H and O–H groups in total. The van der Waals surface area contributed by atoms with E-state index in [4.69, 9.17) is 19.9 Å². The highest BCUT2D eigenvalue weighted by Crippen LogP contribution is 2.23. The van der Waals surface area contributed by atoms with Crippen molar-refractivity contribution in [3.8, 4) is 5.75 Å². The Morgan fingerprint density at radius 2 is 1.70 bits per heavy atom. The van der Waals surface area contributed by atoms with Crippen molar-refractivity contribution in [1.82, 2.24) is 4.90 Å². The molecule has 0 aromatic heterocycles. The third-order valence-electron chi connectivity index (χ3n) is 3.80. The Morgan fingerprint density at radius 3 is 2.10 bits per heavy atom. The molecule has 0 fully saturated rings. The molecule has 20 heavy (non-hydrogen) atoms. The van der Waals surface area contributed by atoms with Crippen LogP contribution in [0.5, 0.6) is 5.75 Å². The SMILES string of the molecule is COc1ccc(CN(C)C(C)(CN)C(OC)OC)cc1. The maximum atomic E-state index is 5.94. The molecule has 0 saturated heterocycles. The quantitative estimate of drug-likeness (QED) is 0.732. The fourth-order valence-corrected chi connectivity index (χ4v) is 2.22. The average Bonchev–Trinajstić information content (AvgIpc) is 2.48. The molecular weight excluding hydrogens is 256 g/mol. The molecule has 1 atom stereocenters. The Bertz CT molecular complexity index is 393. The average molecular weight is 282 g/mol. The van der Waals surface area contributed by atoms with Gasteiger partial charge in [-0.25, -0.2) is 0 Å². The highest BCUT2D eigenvalue weighted by Gasteiger charge is 2.37. The number of benzene rings is 1. The van der Waals surface area contributed by atoms with Gasteiger partial charge in [-0.3, -0.25) is 4.90 Å². The summed E-state index contributed by atoms with van der Waals surface area (Å²) in [6.45, 7) is 3.22. The van der Waals surface area contributed by atoms with Gasteiger partial charge in [-0.15, -0.1) is 0 Å². The number of likely N-dealkylation sites (N-methyl/N-ethyl adjacent to an activating group) is 1. The number of nitrogens with zero attached hydrogens (tertiary/aromatic N) is 1. The Balaban J connectivity index is 2.82. The maximum Gasteiger partial charge on any atom is 0.176 e. The van der Waals surface area contributed by atoms with Gasteiger partial charge in [0.15, 0.2) is 6.29 Å². The lowest BCUT2D eigenvalue weighted by Crippen LogP contribution is -2.58. The summed E-state index contributed by atoms with van der Waals surface area (Å²) in [5.74, 6) is 0.852. The highest BCUT2D eigenvalue weighted by molar-refractivity contribution is 5.27. The number of hydrogen-bond donors (Lipinski definition) is 1. The molecule has 0 aliphatic heterocycles. The number of ether oxygens (including phenoxy) is 3. The molecule has 114 valence electrons. The van der Waals surface area contributed by atoms with Gasteiger partial charge in [-0.1, -0.05) is 12.1 Å². The van der Waals surface area contributed by atoms with E-state index in [1.807, 2.05) is 38.2 Å². The lowest BCUT2D eigenvalue weighted by molar-refractivity contribution is -0.178. The summed E-state index contributed by atoms with van der Waals surface area (Å²) in [6, 6.07) is 7.99. The van der Waals surface area contributed by atoms with E-state index in [1.54, 1.807) is 21.3 Å². The van der Waals surface area contributed by atoms with E-state index in [9.17, 15) is 0 Å². The Kier molecular flexibility index (Phi) is 6.42. The Hall–Kier alpha value is -1.14. The van der Waals surface area contributed by atoms with Gasteiger partial charge in [0.25, 0.3) is 0 Å². The van der Waals surface area contributed by atoms with E-state index in [-0.39, 0.29) is 6.29 Å². The van der Waals surface area contributed by atoms with Crippen LogP contribution in [0.15, 0.2) is 24.3 Å². The van der Waals surface area contributed by atoms with Crippen LogP contribution in [0.1, 0.15) is 12.5 Å². The maximum absolute atomic E-state index is 5.94. The summed E-state index contributed by atoms with van der Waals surface area (Å²) in [6.07, 6.45) is -0.379. The summed E-state index contributed by atoms with van der Waals surface area (Å²) >= 11 is 0. The van der Waals surface area contributed by atoms with E-state index >= 15 is 0 Å². The van der Waals surface area contributed by atoms with E-state index in [0.29, 0.717) is 6.54 Å². The van der Waals surface area contributed by atoms with Gasteiger partial charge in [0, 0.05) is 27.3 Å². The molecule has 1 aromatic rings. The van der Waals surface area contributed by atoms with Crippen molar-refractivity contribution in [2.45, 2.75) is 25.3 Å². The molecule has 5 nitrogen and oxygen atoms in total. The zero-order valence-corrected chi connectivity index (χ0v) is 13.1. The number of methoxy groups -OCH3 is 3. The van der Waals surface area contributed by atoms with E-state index < -0.39 is 5.54 Å². The molecule has 1 rings (SSSR count). The second kappa shape index (κ2) is 7.59. The molecule has 1 aromatic carbocycles. The van der Waals surface area contributed by atoms with Gasteiger partial charge >= 0.3 is 0 Å². The van der Waals surface area contributed by atoms with Gasteiger partial charge in [0.05, 0.1) is 12.6 Å². The topological polar surface area (TPSA) is 57.0 Å². The molecule has 0 spiro atoms. The highest BCUT2D eigenvalue weighted by atomic mass is 16.7. The summed E-state index contributed by atoms with van der Waals surface area (Å²) in [5, 5.41) is 0. The normalized spacial score (nSPS) is 14.6. The van der Waals surface area contributed by atoms with Crippen molar-refractivity contribution in [3.05, 3.63) is 29.8 Å². The van der Waals surface area contributed by atoms with Crippen LogP contribution in [-0.4, -0.2) is 51.7 Å². The smallest absolute Gasteiger partial charge is 0.176 e. The van der Waals surface area contributed by atoms with Gasteiger partial charge in [-0.05, 0) is 31.7 Å². The number of rotatable bonds is 8. The second-order valence-corrected chi connectivity index (χ2v) is 5.07. The Morgan fingerprint density at radius 1 is 1.15 bits per heavy atom. The molecule has 0 aliphatic carbocycles. The molecule has 1 unspecified atom stereocenters. The zero-order valence-electron chi connectivity index (χ0n) is 13.1. The molecule has 0 saturated carbocycles. The van der Waals surface area contributed by atoms with Crippen molar-refractivity contribution in [1.29, 1.82) is 0 Å². The van der Waals surface area contributed by atoms with E-state index in [2.05, 4.69) is 4.90 Å². The Labute approximate surface area is 121 Å². The van der Waals surface area contributed by atoms with Crippen LogP contribution in [0.25, 0.3) is 0 Å². The first-order valence-electron chi connectivity index (χ1n) is 6.61. The van der Waals surface area contributed by atoms with Crippen LogP contribution in [0.3, 0.4) is 0 Å². The lowest BCUT2D eigenvalue weighted by atomic mass is 9.98. The largest absolute Gasteiger partial charge is 0.497 e. The van der Waals surface area contributed by atoms with Crippen molar-refractivity contribution in [2.75, 3.05) is 34.9 Å². The van der Waals surface area contributed by atoms with Crippen LogP contribution in [0.4, 0.5) is 0 Å². The summed E-state index contributed by atoms with van der Waals surface area (Å²) in [7, 11) is 6.93. The monoisotopic (exact) mass is 282 g/mol. The minimum Gasteiger partial charge on any atom is -0.497 e. The van der Waals surface area contributed by atoms with E-state index in [1.165, 1.54) is 5.56 Å². The van der Waals surface area contributed by atoms with Gasteiger partial charge < -0.3 is 19.9 Å². The predicted molar refractivity (Wildman–Crippen MR) is 79.7 cm³/mol. The zero-order chi connectivity index (χ0) is 15.2. The van der Waals surface area contributed by atoms with Crippen LogP contribution < -0.4 is 10.5 Å². The fraction of sp³-hybridized carbons (Fsp3) is 0.600. The third-order valence-corrected chi connectivity index (χ3v) is 3.80. The summed E-state index contributed by atoms with van der Waals surface area (Å²) < 4.78 is 15.9. The fourth-order valence-electron chi connectivity index (χ4n) is 2.22. The first-order valence-corrected chi connectivity index (χ1v) is 6.61. The molecule has 0 heterocycles. The van der Waals surface area contributed by atoms with Crippen molar-refractivity contribution in [3.63, 3.8) is 0 Å². The first kappa shape index (κ1) is 16.9. The van der Waals surface area contributed by atoms with Crippen LogP contribution in [0.2, 0.25) is 0 Å². The second-order valence-electron chi connectivity index (χ2n) is 5.07. The number of hydrogen-bond acceptors (Lipinski definition) is 5. The molecule has 0 aliphatic rings. The molecular formula is C15H26N2O3. The minimum absolute atomic E-state index is 0.379. The standard InChI is InChI=1S/C15H26N2O3/c1-15(11-16,14(19-4)20-5)17(2)10-12-6-8-13(18-3)9-7-12/h6-9,14H,10-11,16H2,1-5H3.